The third-order valence-electron chi connectivity index (χ3n) is 11.8. The maximum absolute atomic E-state index is 6.51. The topological polar surface area (TPSA) is 51.8 Å². The molecular weight excluding hydrogens is 951 g/mol. The molecule has 0 aliphatic heterocycles. The Morgan fingerprint density at radius 2 is 1.19 bits per heavy atom. The first kappa shape index (κ1) is 44.3. The molecule has 0 saturated heterocycles. The van der Waals surface area contributed by atoms with Gasteiger partial charge in [-0.1, -0.05) is 155 Å². The SMILES string of the molecule is C[Si](C)(C)c1ccc(-c2ccccc2)nc1.Cc1cccc(C)c1-c1ccc2c(c1)oc1c(-c3cc(CC4CCCC4)ccn3)cccc12.[Ir].c1ccc(-c2ccccn2)cc1. The zero-order valence-corrected chi connectivity index (χ0v) is 39.8. The maximum atomic E-state index is 6.51. The molecule has 6 heteroatoms. The van der Waals surface area contributed by atoms with E-state index in [4.69, 9.17) is 9.40 Å². The van der Waals surface area contributed by atoms with Gasteiger partial charge in [0, 0.05) is 66.2 Å². The van der Waals surface area contributed by atoms with Gasteiger partial charge in [-0.3, -0.25) is 15.0 Å². The van der Waals surface area contributed by atoms with Crippen molar-refractivity contribution in [2.75, 3.05) is 0 Å². The van der Waals surface area contributed by atoms with Crippen LogP contribution in [0.15, 0.2) is 181 Å². The fraction of sp³-hybridized carbons (Fsp3) is 0.196. The summed E-state index contributed by atoms with van der Waals surface area (Å²) in [6.45, 7) is 11.4. The molecule has 5 aromatic carbocycles. The summed E-state index contributed by atoms with van der Waals surface area (Å²) < 4.78 is 6.51. The Hall–Kier alpha value is -5.78. The first-order valence-corrected chi connectivity index (χ1v) is 25.2. The summed E-state index contributed by atoms with van der Waals surface area (Å²) in [7, 11) is -1.22. The van der Waals surface area contributed by atoms with Crippen LogP contribution in [0.5, 0.6) is 0 Å². The normalized spacial score (nSPS) is 12.5. The van der Waals surface area contributed by atoms with Gasteiger partial charge in [-0.15, -0.1) is 0 Å². The van der Waals surface area contributed by atoms with E-state index >= 15 is 0 Å². The fourth-order valence-electron chi connectivity index (χ4n) is 8.48. The van der Waals surface area contributed by atoms with E-state index in [1.165, 1.54) is 64.3 Å². The van der Waals surface area contributed by atoms with Gasteiger partial charge >= 0.3 is 0 Å². The minimum absolute atomic E-state index is 0. The monoisotopic (exact) mass is 1010 g/mol. The second-order valence-electron chi connectivity index (χ2n) is 17.3. The number of aryl methyl sites for hydroxylation is 2. The molecular formula is C56H55IrN3OSi. The second-order valence-corrected chi connectivity index (χ2v) is 22.4. The van der Waals surface area contributed by atoms with E-state index in [2.05, 4.69) is 147 Å². The molecule has 1 radical (unpaired) electrons. The minimum atomic E-state index is -1.22. The largest absolute Gasteiger partial charge is 0.455 e. The molecule has 313 valence electrons. The fourth-order valence-corrected chi connectivity index (χ4v) is 9.52. The van der Waals surface area contributed by atoms with Crippen LogP contribution in [0.25, 0.3) is 66.8 Å². The van der Waals surface area contributed by atoms with Crippen molar-refractivity contribution < 1.29 is 24.5 Å². The number of pyridine rings is 3. The predicted molar refractivity (Wildman–Crippen MR) is 260 cm³/mol. The summed E-state index contributed by atoms with van der Waals surface area (Å²) in [6.07, 6.45) is 12.4. The van der Waals surface area contributed by atoms with E-state index < -0.39 is 8.07 Å². The van der Waals surface area contributed by atoms with E-state index in [1.807, 2.05) is 73.2 Å². The summed E-state index contributed by atoms with van der Waals surface area (Å²) in [6, 6.07) is 54.7. The Morgan fingerprint density at radius 1 is 0.548 bits per heavy atom. The van der Waals surface area contributed by atoms with Crippen LogP contribution in [0, 0.1) is 19.8 Å². The molecule has 0 spiro atoms. The van der Waals surface area contributed by atoms with Crippen LogP contribution in [0.3, 0.4) is 0 Å². The molecule has 0 unspecified atom stereocenters. The van der Waals surface area contributed by atoms with Crippen LogP contribution < -0.4 is 5.19 Å². The molecule has 1 aliphatic carbocycles. The van der Waals surface area contributed by atoms with Gasteiger partial charge in [0.25, 0.3) is 0 Å². The quantitative estimate of drug-likeness (QED) is 0.149. The van der Waals surface area contributed by atoms with Crippen molar-refractivity contribution in [3.63, 3.8) is 0 Å². The zero-order valence-electron chi connectivity index (χ0n) is 36.4. The predicted octanol–water partition coefficient (Wildman–Crippen LogP) is 14.7. The molecule has 4 aromatic heterocycles. The Morgan fingerprint density at radius 3 is 1.82 bits per heavy atom. The first-order valence-electron chi connectivity index (χ1n) is 21.7. The van der Waals surface area contributed by atoms with Crippen LogP contribution in [-0.2, 0) is 26.5 Å². The van der Waals surface area contributed by atoms with E-state index in [9.17, 15) is 0 Å². The Balaban J connectivity index is 0.000000165. The van der Waals surface area contributed by atoms with Gasteiger partial charge in [-0.25, -0.2) is 0 Å². The molecule has 9 aromatic rings. The third kappa shape index (κ3) is 10.6. The van der Waals surface area contributed by atoms with Gasteiger partial charge in [0.1, 0.15) is 11.2 Å². The van der Waals surface area contributed by atoms with Crippen LogP contribution in [0.2, 0.25) is 19.6 Å². The van der Waals surface area contributed by atoms with Gasteiger partial charge in [-0.05, 0) is 108 Å². The number of nitrogens with zero attached hydrogens (tertiary/aromatic N) is 3. The van der Waals surface area contributed by atoms with Gasteiger partial charge in [0.15, 0.2) is 0 Å². The molecule has 0 amide bonds. The van der Waals surface area contributed by atoms with Crippen LogP contribution in [-0.4, -0.2) is 23.0 Å². The minimum Gasteiger partial charge on any atom is -0.455 e. The average Bonchev–Trinajstić information content (AvgIpc) is 3.95. The molecule has 1 aliphatic rings. The van der Waals surface area contributed by atoms with Gasteiger partial charge in [0.2, 0.25) is 0 Å². The summed E-state index contributed by atoms with van der Waals surface area (Å²) in [4.78, 5) is 13.5. The second kappa shape index (κ2) is 20.4. The Kier molecular flexibility index (Phi) is 14.6. The van der Waals surface area contributed by atoms with E-state index in [1.54, 1.807) is 0 Å². The molecule has 4 nitrogen and oxygen atoms in total. The molecule has 1 fully saturated rings. The number of aromatic nitrogens is 3. The van der Waals surface area contributed by atoms with E-state index in [0.717, 1.165) is 62.5 Å². The zero-order chi connectivity index (χ0) is 42.2. The molecule has 4 heterocycles. The smallest absolute Gasteiger partial charge is 0.144 e. The number of hydrogen-bond donors (Lipinski definition) is 0. The number of furan rings is 1. The van der Waals surface area contributed by atoms with Gasteiger partial charge in [0.05, 0.1) is 25.2 Å². The molecule has 0 N–H and O–H groups in total. The Labute approximate surface area is 381 Å². The summed E-state index contributed by atoms with van der Waals surface area (Å²) in [5, 5.41) is 3.72. The maximum Gasteiger partial charge on any atom is 0.144 e. The summed E-state index contributed by atoms with van der Waals surface area (Å²) in [5.41, 5.74) is 14.8. The van der Waals surface area contributed by atoms with Crippen molar-refractivity contribution in [1.29, 1.82) is 0 Å². The van der Waals surface area contributed by atoms with Crippen molar-refractivity contribution in [3.8, 4) is 44.9 Å². The van der Waals surface area contributed by atoms with E-state index in [-0.39, 0.29) is 20.1 Å². The Bertz CT molecular complexity index is 2770. The van der Waals surface area contributed by atoms with Crippen LogP contribution >= 0.6 is 0 Å². The van der Waals surface area contributed by atoms with Crippen molar-refractivity contribution >= 4 is 35.2 Å². The molecule has 0 atom stereocenters. The standard InChI is InChI=1S/C31H29NO.C14H17NSi.C11H9N.Ir/c1-20-7-5-8-21(2)30(20)24-13-14-25-26-11-6-12-27(31(26)33-29(25)19-24)28-18-23(15-16-32-28)17-22-9-3-4-10-22;1-16(2,3)13-9-10-14(15-11-13)12-7-5-4-6-8-12;1-2-6-10(7-3-1)11-8-4-5-9-12-11;/h5-8,11-16,18-19,22H,3-4,9-10,17H2,1-2H3;4-11H,1-3H3;1-9H;. The van der Waals surface area contributed by atoms with Crippen molar-refractivity contribution in [1.82, 2.24) is 15.0 Å². The number of rotatable bonds is 7. The molecule has 62 heavy (non-hydrogen) atoms. The number of benzene rings is 5. The first-order chi connectivity index (χ1) is 29.7. The van der Waals surface area contributed by atoms with Gasteiger partial charge < -0.3 is 4.42 Å². The number of fused-ring (bicyclic) bond motifs is 3. The summed E-state index contributed by atoms with van der Waals surface area (Å²) >= 11 is 0. The van der Waals surface area contributed by atoms with Gasteiger partial charge in [-0.2, -0.15) is 0 Å². The van der Waals surface area contributed by atoms with E-state index in [0.29, 0.717) is 0 Å². The molecule has 0 bridgehead atoms. The van der Waals surface area contributed by atoms with Crippen molar-refractivity contribution in [2.24, 2.45) is 5.92 Å². The third-order valence-corrected chi connectivity index (χ3v) is 13.8. The molecule has 1 saturated carbocycles. The number of hydrogen-bond acceptors (Lipinski definition) is 4. The van der Waals surface area contributed by atoms with Crippen LogP contribution in [0.4, 0.5) is 0 Å². The average molecular weight is 1010 g/mol. The molecule has 10 rings (SSSR count). The van der Waals surface area contributed by atoms with Crippen molar-refractivity contribution in [2.45, 2.75) is 65.6 Å². The van der Waals surface area contributed by atoms with Crippen molar-refractivity contribution in [3.05, 3.63) is 193 Å². The summed E-state index contributed by atoms with van der Waals surface area (Å²) in [5.74, 6) is 0.825. The van der Waals surface area contributed by atoms with Crippen LogP contribution in [0.1, 0.15) is 42.4 Å². The number of para-hydroxylation sites is 1.